The van der Waals surface area contributed by atoms with Crippen molar-refractivity contribution in [2.24, 2.45) is 10.7 Å². The Morgan fingerprint density at radius 2 is 2.09 bits per heavy atom. The van der Waals surface area contributed by atoms with Gasteiger partial charge in [0, 0.05) is 29.1 Å². The maximum Gasteiger partial charge on any atom is 0.256 e. The third kappa shape index (κ3) is 3.10. The van der Waals surface area contributed by atoms with Crippen molar-refractivity contribution in [1.29, 1.82) is 0 Å². The zero-order valence-corrected chi connectivity index (χ0v) is 13.7. The standard InChI is InChI=1S/C16H23N5O/c1-10(2)12-13(19-15(18-9-17)20-14(12)22)11-6-7-21(8-11)16(3,4)5/h6-10H,1-5H3,(H3,17,18,19,20,22). The summed E-state index contributed by atoms with van der Waals surface area (Å²) in [5.74, 6) is 0.274. The van der Waals surface area contributed by atoms with E-state index in [1.165, 1.54) is 0 Å². The molecule has 2 aromatic heterocycles. The molecule has 0 radical (unpaired) electrons. The average molecular weight is 301 g/mol. The van der Waals surface area contributed by atoms with Crippen LogP contribution in [0.4, 0.5) is 5.95 Å². The van der Waals surface area contributed by atoms with Gasteiger partial charge in [-0.15, -0.1) is 0 Å². The van der Waals surface area contributed by atoms with Crippen LogP contribution in [0.15, 0.2) is 28.2 Å². The van der Waals surface area contributed by atoms with Crippen molar-refractivity contribution in [2.45, 2.75) is 46.1 Å². The SMILES string of the molecule is CC(C)c1c(-c2ccn(C(C)(C)C)c2)nc(N=CN)[nH]c1=O. The van der Waals surface area contributed by atoms with Crippen molar-refractivity contribution >= 4 is 12.3 Å². The van der Waals surface area contributed by atoms with Gasteiger partial charge in [0.05, 0.1) is 12.0 Å². The molecule has 0 bridgehead atoms. The fourth-order valence-corrected chi connectivity index (χ4v) is 2.31. The van der Waals surface area contributed by atoms with Crippen molar-refractivity contribution in [3.63, 3.8) is 0 Å². The summed E-state index contributed by atoms with van der Waals surface area (Å²) in [6.07, 6.45) is 5.12. The van der Waals surface area contributed by atoms with Gasteiger partial charge in [-0.25, -0.2) is 9.98 Å². The molecule has 22 heavy (non-hydrogen) atoms. The van der Waals surface area contributed by atoms with Gasteiger partial charge in [-0.1, -0.05) is 13.8 Å². The van der Waals surface area contributed by atoms with Crippen LogP contribution in [0.5, 0.6) is 0 Å². The lowest BCUT2D eigenvalue weighted by Crippen LogP contribution is -2.19. The molecule has 0 saturated carbocycles. The maximum absolute atomic E-state index is 12.3. The van der Waals surface area contributed by atoms with Crippen molar-refractivity contribution in [3.05, 3.63) is 34.4 Å². The minimum absolute atomic E-state index is 0.0321. The number of aliphatic imine (C=N–C) groups is 1. The Kier molecular flexibility index (Phi) is 4.21. The van der Waals surface area contributed by atoms with E-state index in [1.807, 2.05) is 32.3 Å². The number of aromatic amines is 1. The highest BCUT2D eigenvalue weighted by Gasteiger charge is 2.19. The number of nitrogens with zero attached hydrogens (tertiary/aromatic N) is 3. The summed E-state index contributed by atoms with van der Waals surface area (Å²) in [7, 11) is 0. The first-order valence-electron chi connectivity index (χ1n) is 7.31. The molecule has 0 atom stereocenters. The Hall–Kier alpha value is -2.37. The van der Waals surface area contributed by atoms with E-state index in [-0.39, 0.29) is 23.0 Å². The third-order valence-corrected chi connectivity index (χ3v) is 3.46. The summed E-state index contributed by atoms with van der Waals surface area (Å²) >= 11 is 0. The van der Waals surface area contributed by atoms with Gasteiger partial charge < -0.3 is 10.3 Å². The van der Waals surface area contributed by atoms with Gasteiger partial charge in [-0.3, -0.25) is 9.78 Å². The second-order valence-electron chi connectivity index (χ2n) is 6.56. The van der Waals surface area contributed by atoms with Gasteiger partial charge in [0.15, 0.2) is 0 Å². The molecule has 0 aromatic carbocycles. The highest BCUT2D eigenvalue weighted by Crippen LogP contribution is 2.28. The number of H-pyrrole nitrogens is 1. The normalized spacial score (nSPS) is 12.5. The van der Waals surface area contributed by atoms with Crippen molar-refractivity contribution < 1.29 is 0 Å². The molecule has 0 spiro atoms. The first kappa shape index (κ1) is 16.0. The lowest BCUT2D eigenvalue weighted by molar-refractivity contribution is 0.398. The van der Waals surface area contributed by atoms with Crippen LogP contribution < -0.4 is 11.3 Å². The maximum atomic E-state index is 12.3. The van der Waals surface area contributed by atoms with Crippen LogP contribution in [0.25, 0.3) is 11.3 Å². The van der Waals surface area contributed by atoms with Crippen LogP contribution in [-0.4, -0.2) is 20.9 Å². The highest BCUT2D eigenvalue weighted by molar-refractivity contribution is 5.65. The molecule has 0 amide bonds. The van der Waals surface area contributed by atoms with E-state index in [0.717, 1.165) is 11.9 Å². The first-order chi connectivity index (χ1) is 10.2. The Balaban J connectivity index is 2.67. The Morgan fingerprint density at radius 3 is 2.59 bits per heavy atom. The van der Waals surface area contributed by atoms with E-state index in [4.69, 9.17) is 5.73 Å². The molecular formula is C16H23N5O. The zero-order valence-electron chi connectivity index (χ0n) is 13.7. The summed E-state index contributed by atoms with van der Waals surface area (Å²) in [6.45, 7) is 10.3. The minimum Gasteiger partial charge on any atom is -0.390 e. The minimum atomic E-state index is -0.177. The topological polar surface area (TPSA) is 89.1 Å². The molecule has 0 aliphatic carbocycles. The van der Waals surface area contributed by atoms with Crippen molar-refractivity contribution in [3.8, 4) is 11.3 Å². The Morgan fingerprint density at radius 1 is 1.41 bits per heavy atom. The molecule has 0 saturated heterocycles. The van der Waals surface area contributed by atoms with E-state index in [0.29, 0.717) is 11.3 Å². The summed E-state index contributed by atoms with van der Waals surface area (Å²) < 4.78 is 2.10. The van der Waals surface area contributed by atoms with Crippen LogP contribution in [0.1, 0.15) is 46.1 Å². The van der Waals surface area contributed by atoms with E-state index in [1.54, 1.807) is 0 Å². The number of nitrogens with two attached hydrogens (primary N) is 1. The summed E-state index contributed by atoms with van der Waals surface area (Å²) in [4.78, 5) is 23.3. The Labute approximate surface area is 130 Å². The molecule has 0 aliphatic rings. The van der Waals surface area contributed by atoms with Crippen LogP contribution in [-0.2, 0) is 5.54 Å². The number of aromatic nitrogens is 3. The highest BCUT2D eigenvalue weighted by atomic mass is 16.1. The molecule has 2 heterocycles. The van der Waals surface area contributed by atoms with Crippen LogP contribution >= 0.6 is 0 Å². The largest absolute Gasteiger partial charge is 0.390 e. The molecule has 0 aliphatic heterocycles. The van der Waals surface area contributed by atoms with Crippen LogP contribution in [0.3, 0.4) is 0 Å². The quantitative estimate of drug-likeness (QED) is 0.674. The van der Waals surface area contributed by atoms with Gasteiger partial charge in [0.1, 0.15) is 0 Å². The Bertz CT molecular complexity index is 747. The van der Waals surface area contributed by atoms with Crippen LogP contribution in [0, 0.1) is 0 Å². The van der Waals surface area contributed by atoms with Gasteiger partial charge in [-0.05, 0) is 32.8 Å². The fourth-order valence-electron chi connectivity index (χ4n) is 2.31. The van der Waals surface area contributed by atoms with Crippen LogP contribution in [0.2, 0.25) is 0 Å². The molecule has 0 unspecified atom stereocenters. The van der Waals surface area contributed by atoms with E-state index in [9.17, 15) is 4.79 Å². The third-order valence-electron chi connectivity index (χ3n) is 3.46. The second kappa shape index (κ2) is 5.79. The van der Waals surface area contributed by atoms with E-state index >= 15 is 0 Å². The smallest absolute Gasteiger partial charge is 0.256 e. The number of rotatable bonds is 3. The first-order valence-corrected chi connectivity index (χ1v) is 7.31. The lowest BCUT2D eigenvalue weighted by atomic mass is 10.00. The predicted octanol–water partition coefficient (Wildman–Crippen LogP) is 2.74. The molecule has 6 heteroatoms. The zero-order chi connectivity index (χ0) is 16.5. The van der Waals surface area contributed by atoms with Gasteiger partial charge >= 0.3 is 0 Å². The molecule has 0 fully saturated rings. The summed E-state index contributed by atoms with van der Waals surface area (Å²) in [5.41, 5.74) is 7.30. The molecule has 6 nitrogen and oxygen atoms in total. The summed E-state index contributed by atoms with van der Waals surface area (Å²) in [5, 5.41) is 0. The lowest BCUT2D eigenvalue weighted by Gasteiger charge is -2.21. The van der Waals surface area contributed by atoms with Gasteiger partial charge in [0.25, 0.3) is 5.56 Å². The molecular weight excluding hydrogens is 278 g/mol. The van der Waals surface area contributed by atoms with Gasteiger partial charge in [-0.2, -0.15) is 0 Å². The monoisotopic (exact) mass is 301 g/mol. The number of hydrogen-bond donors (Lipinski definition) is 2. The van der Waals surface area contributed by atoms with E-state index < -0.39 is 0 Å². The second-order valence-corrected chi connectivity index (χ2v) is 6.56. The number of hydrogen-bond acceptors (Lipinski definition) is 3. The molecule has 118 valence electrons. The summed E-state index contributed by atoms with van der Waals surface area (Å²) in [6, 6.07) is 1.97. The average Bonchev–Trinajstić information content (AvgIpc) is 2.87. The molecule has 2 rings (SSSR count). The van der Waals surface area contributed by atoms with E-state index in [2.05, 4.69) is 40.3 Å². The van der Waals surface area contributed by atoms with Crippen molar-refractivity contribution in [2.75, 3.05) is 0 Å². The van der Waals surface area contributed by atoms with Gasteiger partial charge in [0.2, 0.25) is 5.95 Å². The predicted molar refractivity (Wildman–Crippen MR) is 89.7 cm³/mol. The number of nitrogens with one attached hydrogen (secondary N) is 1. The molecule has 3 N–H and O–H groups in total. The van der Waals surface area contributed by atoms with Crippen molar-refractivity contribution in [1.82, 2.24) is 14.5 Å². The fraction of sp³-hybridized carbons (Fsp3) is 0.438. The molecule has 2 aromatic rings.